The number of hydrogen-bond donors (Lipinski definition) is 1. The Hall–Kier alpha value is -1.36. The minimum Gasteiger partial charge on any atom is -0.465 e. The zero-order valence-electron chi connectivity index (χ0n) is 9.75. The molecule has 1 aromatic carbocycles. The largest absolute Gasteiger partial charge is 0.465 e. The van der Waals surface area contributed by atoms with Gasteiger partial charge in [0, 0.05) is 4.47 Å². The van der Waals surface area contributed by atoms with Gasteiger partial charge in [-0.25, -0.2) is 0 Å². The number of carbonyl (C=O) groups excluding carboxylic acids is 2. The van der Waals surface area contributed by atoms with E-state index in [0.717, 1.165) is 5.56 Å². The van der Waals surface area contributed by atoms with E-state index in [1.807, 2.05) is 13.0 Å². The van der Waals surface area contributed by atoms with E-state index in [9.17, 15) is 9.59 Å². The number of hydrogen-bond acceptors (Lipinski definition) is 3. The van der Waals surface area contributed by atoms with E-state index in [2.05, 4.69) is 21.2 Å². The van der Waals surface area contributed by atoms with Crippen LogP contribution in [0.15, 0.2) is 22.7 Å². The summed E-state index contributed by atoms with van der Waals surface area (Å²) in [5.74, 6) is -0.738. The van der Waals surface area contributed by atoms with Gasteiger partial charge in [-0.1, -0.05) is 11.6 Å². The molecule has 0 aromatic heterocycles. The zero-order chi connectivity index (χ0) is 12.8. The number of carbonyl (C=O) groups is 2. The topological polar surface area (TPSA) is 55.4 Å². The standard InChI is InChI=1S/C12H14BrNO3/c1-3-17-11(15)7-14-12(16)9-6-8(2)4-5-10(9)13/h4-6H,3,7H2,1-2H3,(H,14,16). The van der Waals surface area contributed by atoms with Crippen molar-refractivity contribution in [1.82, 2.24) is 5.32 Å². The lowest BCUT2D eigenvalue weighted by atomic mass is 10.1. The van der Waals surface area contributed by atoms with Crippen LogP contribution in [0.4, 0.5) is 0 Å². The third-order valence-electron chi connectivity index (χ3n) is 2.07. The first-order valence-corrected chi connectivity index (χ1v) is 6.04. The van der Waals surface area contributed by atoms with Crippen LogP contribution in [0.5, 0.6) is 0 Å². The Morgan fingerprint density at radius 1 is 1.41 bits per heavy atom. The molecule has 0 atom stereocenters. The fraction of sp³-hybridized carbons (Fsp3) is 0.333. The zero-order valence-corrected chi connectivity index (χ0v) is 11.3. The van der Waals surface area contributed by atoms with E-state index in [-0.39, 0.29) is 12.5 Å². The maximum Gasteiger partial charge on any atom is 0.325 e. The molecule has 0 aliphatic rings. The fourth-order valence-electron chi connectivity index (χ4n) is 1.27. The highest BCUT2D eigenvalue weighted by molar-refractivity contribution is 9.10. The predicted molar refractivity (Wildman–Crippen MR) is 67.8 cm³/mol. The Labute approximate surface area is 108 Å². The number of aryl methyl sites for hydroxylation is 1. The summed E-state index contributed by atoms with van der Waals surface area (Å²) in [5.41, 5.74) is 1.49. The summed E-state index contributed by atoms with van der Waals surface area (Å²) < 4.78 is 5.42. The summed E-state index contributed by atoms with van der Waals surface area (Å²) in [6.07, 6.45) is 0. The van der Waals surface area contributed by atoms with Crippen molar-refractivity contribution in [1.29, 1.82) is 0 Å². The Morgan fingerprint density at radius 2 is 2.12 bits per heavy atom. The van der Waals surface area contributed by atoms with Crippen molar-refractivity contribution in [3.05, 3.63) is 33.8 Å². The van der Waals surface area contributed by atoms with Gasteiger partial charge in [-0.2, -0.15) is 0 Å². The minimum absolute atomic E-state index is 0.118. The lowest BCUT2D eigenvalue weighted by Gasteiger charge is -2.07. The van der Waals surface area contributed by atoms with Crippen molar-refractivity contribution in [3.8, 4) is 0 Å². The molecule has 0 fully saturated rings. The Kier molecular flexibility index (Phi) is 5.15. The van der Waals surface area contributed by atoms with E-state index in [4.69, 9.17) is 4.74 Å². The molecule has 0 unspecified atom stereocenters. The van der Waals surface area contributed by atoms with Crippen molar-refractivity contribution in [3.63, 3.8) is 0 Å². The van der Waals surface area contributed by atoms with Gasteiger partial charge < -0.3 is 10.1 Å². The Balaban J connectivity index is 2.64. The van der Waals surface area contributed by atoms with Crippen LogP contribution in [0.2, 0.25) is 0 Å². The predicted octanol–water partition coefficient (Wildman–Crippen LogP) is 2.05. The van der Waals surface area contributed by atoms with E-state index in [1.165, 1.54) is 0 Å². The second-order valence-corrected chi connectivity index (χ2v) is 4.33. The Bertz CT molecular complexity index is 432. The first-order valence-electron chi connectivity index (χ1n) is 5.24. The highest BCUT2D eigenvalue weighted by Gasteiger charge is 2.11. The molecule has 0 bridgehead atoms. The van der Waals surface area contributed by atoms with Gasteiger partial charge in [0.1, 0.15) is 6.54 Å². The van der Waals surface area contributed by atoms with Crippen LogP contribution in [0.1, 0.15) is 22.8 Å². The van der Waals surface area contributed by atoms with Crippen LogP contribution in [-0.4, -0.2) is 25.0 Å². The van der Waals surface area contributed by atoms with Crippen LogP contribution < -0.4 is 5.32 Å². The third-order valence-corrected chi connectivity index (χ3v) is 2.76. The molecule has 4 nitrogen and oxygen atoms in total. The number of nitrogens with one attached hydrogen (secondary N) is 1. The SMILES string of the molecule is CCOC(=O)CNC(=O)c1cc(C)ccc1Br. The second-order valence-electron chi connectivity index (χ2n) is 3.47. The molecule has 0 saturated carbocycles. The van der Waals surface area contributed by atoms with E-state index in [0.29, 0.717) is 16.6 Å². The summed E-state index contributed by atoms with van der Waals surface area (Å²) in [7, 11) is 0. The molecule has 1 amide bonds. The second kappa shape index (κ2) is 6.39. The normalized spacial score (nSPS) is 9.82. The molecule has 0 radical (unpaired) electrons. The number of rotatable bonds is 4. The molecule has 0 aliphatic heterocycles. The molecular weight excluding hydrogens is 286 g/mol. The smallest absolute Gasteiger partial charge is 0.325 e. The van der Waals surface area contributed by atoms with Crippen molar-refractivity contribution in [2.24, 2.45) is 0 Å². The third kappa shape index (κ3) is 4.19. The maximum absolute atomic E-state index is 11.8. The number of amides is 1. The lowest BCUT2D eigenvalue weighted by Crippen LogP contribution is -2.30. The number of halogens is 1. The van der Waals surface area contributed by atoms with Gasteiger partial charge >= 0.3 is 5.97 Å². The monoisotopic (exact) mass is 299 g/mol. The van der Waals surface area contributed by atoms with Crippen molar-refractivity contribution in [2.45, 2.75) is 13.8 Å². The van der Waals surface area contributed by atoms with E-state index in [1.54, 1.807) is 19.1 Å². The van der Waals surface area contributed by atoms with E-state index < -0.39 is 5.97 Å². The molecule has 17 heavy (non-hydrogen) atoms. The van der Waals surface area contributed by atoms with Crippen molar-refractivity contribution < 1.29 is 14.3 Å². The van der Waals surface area contributed by atoms with Gasteiger partial charge in [-0.05, 0) is 41.9 Å². The summed E-state index contributed by atoms with van der Waals surface area (Å²) in [4.78, 5) is 22.9. The summed E-state index contributed by atoms with van der Waals surface area (Å²) in [6, 6.07) is 5.45. The van der Waals surface area contributed by atoms with Crippen LogP contribution in [-0.2, 0) is 9.53 Å². The highest BCUT2D eigenvalue weighted by Crippen LogP contribution is 2.17. The van der Waals surface area contributed by atoms with Gasteiger partial charge in [0.05, 0.1) is 12.2 Å². The first-order chi connectivity index (χ1) is 8.04. The average Bonchev–Trinajstić information content (AvgIpc) is 2.29. The molecule has 92 valence electrons. The molecule has 0 saturated heterocycles. The average molecular weight is 300 g/mol. The highest BCUT2D eigenvalue weighted by atomic mass is 79.9. The number of esters is 1. The Morgan fingerprint density at radius 3 is 2.76 bits per heavy atom. The molecule has 1 N–H and O–H groups in total. The number of benzene rings is 1. The maximum atomic E-state index is 11.8. The molecule has 0 spiro atoms. The molecular formula is C12H14BrNO3. The van der Waals surface area contributed by atoms with Gasteiger partial charge in [0.2, 0.25) is 0 Å². The first kappa shape index (κ1) is 13.7. The summed E-state index contributed by atoms with van der Waals surface area (Å²) >= 11 is 3.29. The lowest BCUT2D eigenvalue weighted by molar-refractivity contribution is -0.141. The van der Waals surface area contributed by atoms with Crippen LogP contribution in [0.25, 0.3) is 0 Å². The number of ether oxygens (including phenoxy) is 1. The fourth-order valence-corrected chi connectivity index (χ4v) is 1.70. The molecule has 5 heteroatoms. The van der Waals surface area contributed by atoms with Crippen LogP contribution in [0.3, 0.4) is 0 Å². The van der Waals surface area contributed by atoms with Gasteiger partial charge in [-0.15, -0.1) is 0 Å². The van der Waals surface area contributed by atoms with Crippen LogP contribution >= 0.6 is 15.9 Å². The summed E-state index contributed by atoms with van der Waals surface area (Å²) in [5, 5.41) is 2.51. The van der Waals surface area contributed by atoms with Gasteiger partial charge in [-0.3, -0.25) is 9.59 Å². The minimum atomic E-state index is -0.440. The molecule has 1 rings (SSSR count). The molecule has 0 aliphatic carbocycles. The molecule has 0 heterocycles. The molecule has 1 aromatic rings. The quantitative estimate of drug-likeness (QED) is 0.866. The summed E-state index contributed by atoms with van der Waals surface area (Å²) in [6.45, 7) is 3.81. The van der Waals surface area contributed by atoms with E-state index >= 15 is 0 Å². The van der Waals surface area contributed by atoms with Crippen molar-refractivity contribution >= 4 is 27.8 Å². The van der Waals surface area contributed by atoms with Gasteiger partial charge in [0.25, 0.3) is 5.91 Å². The van der Waals surface area contributed by atoms with Crippen molar-refractivity contribution in [2.75, 3.05) is 13.2 Å². The van der Waals surface area contributed by atoms with Crippen LogP contribution in [0, 0.1) is 6.92 Å². The van der Waals surface area contributed by atoms with Gasteiger partial charge in [0.15, 0.2) is 0 Å².